The van der Waals surface area contributed by atoms with Crippen LogP contribution >= 0.6 is 23.2 Å². The van der Waals surface area contributed by atoms with Crippen LogP contribution in [0.5, 0.6) is 0 Å². The third kappa shape index (κ3) is 4.51. The lowest BCUT2D eigenvalue weighted by molar-refractivity contribution is -0.140. The number of nitrogens with one attached hydrogen (secondary N) is 1. The average molecular weight is 571 g/mol. The molecule has 7 nitrogen and oxygen atoms in total. The Balaban J connectivity index is 1.30. The molecule has 1 fully saturated rings. The highest BCUT2D eigenvalue weighted by Crippen LogP contribution is 2.36. The molecule has 0 unspecified atom stereocenters. The van der Waals surface area contributed by atoms with Gasteiger partial charge in [0, 0.05) is 6.42 Å². The Morgan fingerprint density at radius 2 is 1.65 bits per heavy atom. The van der Waals surface area contributed by atoms with E-state index in [0.29, 0.717) is 17.0 Å². The third-order valence-electron chi connectivity index (χ3n) is 7.50. The molecule has 4 aromatic rings. The van der Waals surface area contributed by atoms with E-state index in [1.807, 2.05) is 66.7 Å². The van der Waals surface area contributed by atoms with Crippen LogP contribution < -0.4 is 5.32 Å². The van der Waals surface area contributed by atoms with Crippen molar-refractivity contribution >= 4 is 57.5 Å². The molecule has 4 aromatic carbocycles. The van der Waals surface area contributed by atoms with Gasteiger partial charge >= 0.3 is 6.03 Å². The molecule has 1 saturated heterocycles. The van der Waals surface area contributed by atoms with E-state index in [2.05, 4.69) is 11.4 Å². The van der Waals surface area contributed by atoms with Gasteiger partial charge < -0.3 is 5.32 Å². The molecule has 0 radical (unpaired) electrons. The van der Waals surface area contributed by atoms with Crippen molar-refractivity contribution in [3.63, 3.8) is 0 Å². The molecule has 2 aliphatic heterocycles. The molecule has 2 aliphatic rings. The highest BCUT2D eigenvalue weighted by atomic mass is 35.5. The van der Waals surface area contributed by atoms with Gasteiger partial charge in [0.25, 0.3) is 11.8 Å². The molecule has 0 saturated carbocycles. The lowest BCUT2D eigenvalue weighted by atomic mass is 9.92. The minimum Gasteiger partial charge on any atom is -0.319 e. The maximum atomic E-state index is 13.7. The Hall–Kier alpha value is -4.20. The fourth-order valence-electron chi connectivity index (χ4n) is 5.27. The number of rotatable bonds is 5. The van der Waals surface area contributed by atoms with Crippen LogP contribution in [0.2, 0.25) is 10.0 Å². The number of hydrazone groups is 1. The van der Waals surface area contributed by atoms with Gasteiger partial charge in [0.2, 0.25) is 0 Å². The molecule has 2 atom stereocenters. The smallest absolute Gasteiger partial charge is 0.319 e. The van der Waals surface area contributed by atoms with Crippen LogP contribution in [0.15, 0.2) is 96.1 Å². The molecule has 0 bridgehead atoms. The van der Waals surface area contributed by atoms with E-state index in [9.17, 15) is 14.4 Å². The molecule has 0 spiro atoms. The second kappa shape index (κ2) is 10.1. The summed E-state index contributed by atoms with van der Waals surface area (Å²) in [7, 11) is 0. The van der Waals surface area contributed by atoms with Crippen LogP contribution in [0, 0.1) is 0 Å². The number of amides is 4. The number of fused-ring (bicyclic) bond motifs is 1. The number of benzene rings is 4. The Morgan fingerprint density at radius 3 is 2.40 bits per heavy atom. The zero-order chi connectivity index (χ0) is 28.0. The van der Waals surface area contributed by atoms with E-state index in [1.165, 1.54) is 5.01 Å². The monoisotopic (exact) mass is 570 g/mol. The van der Waals surface area contributed by atoms with Crippen LogP contribution in [0.25, 0.3) is 10.8 Å². The first-order chi connectivity index (χ1) is 19.2. The van der Waals surface area contributed by atoms with E-state index in [1.54, 1.807) is 25.1 Å². The van der Waals surface area contributed by atoms with Crippen molar-refractivity contribution in [1.82, 2.24) is 15.2 Å². The van der Waals surface area contributed by atoms with Crippen molar-refractivity contribution in [2.75, 3.05) is 6.54 Å². The lowest BCUT2D eigenvalue weighted by Gasteiger charge is -2.25. The van der Waals surface area contributed by atoms with Gasteiger partial charge in [-0.05, 0) is 52.6 Å². The van der Waals surface area contributed by atoms with Crippen molar-refractivity contribution in [2.24, 2.45) is 5.10 Å². The third-order valence-corrected chi connectivity index (χ3v) is 8.24. The molecular formula is C31H24Cl2N4O3. The van der Waals surface area contributed by atoms with Gasteiger partial charge in [-0.15, -0.1) is 0 Å². The number of halogens is 2. The summed E-state index contributed by atoms with van der Waals surface area (Å²) in [4.78, 5) is 41.1. The molecule has 4 amide bonds. The summed E-state index contributed by atoms with van der Waals surface area (Å²) in [6.07, 6.45) is 0.495. The van der Waals surface area contributed by atoms with Crippen molar-refractivity contribution in [2.45, 2.75) is 24.9 Å². The number of urea groups is 1. The highest BCUT2D eigenvalue weighted by Gasteiger charge is 2.50. The number of hydrogen-bond acceptors (Lipinski definition) is 4. The predicted octanol–water partition coefficient (Wildman–Crippen LogP) is 6.29. The molecule has 40 heavy (non-hydrogen) atoms. The number of imide groups is 1. The van der Waals surface area contributed by atoms with Gasteiger partial charge in [-0.1, -0.05) is 96.0 Å². The maximum Gasteiger partial charge on any atom is 0.325 e. The van der Waals surface area contributed by atoms with Crippen LogP contribution in [0.1, 0.15) is 36.1 Å². The predicted molar refractivity (Wildman–Crippen MR) is 155 cm³/mol. The molecule has 0 aromatic heterocycles. The van der Waals surface area contributed by atoms with Crippen molar-refractivity contribution in [3.8, 4) is 0 Å². The summed E-state index contributed by atoms with van der Waals surface area (Å²) in [5, 5.41) is 11.6. The molecule has 9 heteroatoms. The van der Waals surface area contributed by atoms with Gasteiger partial charge in [0.15, 0.2) is 0 Å². The fraction of sp³-hybridized carbons (Fsp3) is 0.161. The van der Waals surface area contributed by atoms with E-state index < -0.39 is 29.9 Å². The highest BCUT2D eigenvalue weighted by molar-refractivity contribution is 6.42. The lowest BCUT2D eigenvalue weighted by Crippen LogP contribution is -2.43. The number of nitrogens with zero attached hydrogens (tertiary/aromatic N) is 3. The van der Waals surface area contributed by atoms with E-state index in [4.69, 9.17) is 28.3 Å². The Bertz CT molecular complexity index is 1710. The molecule has 200 valence electrons. The second-order valence-electron chi connectivity index (χ2n) is 10.1. The molecule has 2 heterocycles. The Kier molecular flexibility index (Phi) is 6.56. The largest absolute Gasteiger partial charge is 0.325 e. The van der Waals surface area contributed by atoms with Crippen molar-refractivity contribution in [1.29, 1.82) is 0 Å². The van der Waals surface area contributed by atoms with Crippen LogP contribution in [0.3, 0.4) is 0 Å². The topological polar surface area (TPSA) is 82.1 Å². The van der Waals surface area contributed by atoms with Gasteiger partial charge in [0.1, 0.15) is 12.1 Å². The van der Waals surface area contributed by atoms with Crippen LogP contribution in [-0.4, -0.2) is 40.0 Å². The molecule has 1 N–H and O–H groups in total. The van der Waals surface area contributed by atoms with E-state index >= 15 is 0 Å². The average Bonchev–Trinajstić information content (AvgIpc) is 3.51. The van der Waals surface area contributed by atoms with Gasteiger partial charge in [-0.2, -0.15) is 5.10 Å². The quantitative estimate of drug-likeness (QED) is 0.286. The number of carbonyl (C=O) groups is 3. The maximum absolute atomic E-state index is 13.7. The summed E-state index contributed by atoms with van der Waals surface area (Å²) >= 11 is 12.2. The number of hydrogen-bond donors (Lipinski definition) is 1. The summed E-state index contributed by atoms with van der Waals surface area (Å²) in [6.45, 7) is 1.12. The summed E-state index contributed by atoms with van der Waals surface area (Å²) in [5.41, 5.74) is 1.65. The fourth-order valence-corrected chi connectivity index (χ4v) is 5.57. The van der Waals surface area contributed by atoms with E-state index in [-0.39, 0.29) is 11.1 Å². The summed E-state index contributed by atoms with van der Waals surface area (Å²) < 4.78 is 0. The normalized spacial score (nSPS) is 20.7. The zero-order valence-electron chi connectivity index (χ0n) is 21.5. The van der Waals surface area contributed by atoms with Gasteiger partial charge in [-0.3, -0.25) is 14.5 Å². The SMILES string of the molecule is C[C@@]1(c2ccc(Cl)c(Cl)c2)NC(=O)N(CC(=O)N2N=C(c3ccc4ccccc4c3)C[C@@H]2c2ccccc2)C1=O. The minimum absolute atomic E-state index is 0.260. The van der Waals surface area contributed by atoms with E-state index in [0.717, 1.165) is 32.5 Å². The summed E-state index contributed by atoms with van der Waals surface area (Å²) in [6, 6.07) is 27.4. The first kappa shape index (κ1) is 26.0. The first-order valence-corrected chi connectivity index (χ1v) is 13.5. The second-order valence-corrected chi connectivity index (χ2v) is 10.9. The molecule has 6 rings (SSSR count). The molecular weight excluding hydrogens is 547 g/mol. The molecule has 0 aliphatic carbocycles. The zero-order valence-corrected chi connectivity index (χ0v) is 23.0. The van der Waals surface area contributed by atoms with Crippen molar-refractivity contribution in [3.05, 3.63) is 118 Å². The Labute approximate surface area is 241 Å². The first-order valence-electron chi connectivity index (χ1n) is 12.8. The van der Waals surface area contributed by atoms with Crippen LogP contribution in [0.4, 0.5) is 4.79 Å². The minimum atomic E-state index is -1.39. The van der Waals surface area contributed by atoms with Gasteiger partial charge in [-0.25, -0.2) is 9.80 Å². The number of carbonyl (C=O) groups excluding carboxylic acids is 3. The summed E-state index contributed by atoms with van der Waals surface area (Å²) in [5.74, 6) is -1.02. The Morgan fingerprint density at radius 1 is 0.925 bits per heavy atom. The van der Waals surface area contributed by atoms with Gasteiger partial charge in [0.05, 0.1) is 21.8 Å². The standard InChI is InChI=1S/C31H24Cl2N4O3/c1-31(23-13-14-24(32)25(33)16-23)29(39)36(30(40)34-31)18-28(38)37-27(20-8-3-2-4-9-20)17-26(35-37)22-12-11-19-7-5-6-10-21(19)15-22/h2-16,27H,17-18H2,1H3,(H,34,40)/t27-,31+/m1/s1. The van der Waals surface area contributed by atoms with Crippen LogP contribution in [-0.2, 0) is 15.1 Å². The van der Waals surface area contributed by atoms with Crippen molar-refractivity contribution < 1.29 is 14.4 Å².